The highest BCUT2D eigenvalue weighted by atomic mass is 35.5. The van der Waals surface area contributed by atoms with E-state index in [0.717, 1.165) is 0 Å². The van der Waals surface area contributed by atoms with Gasteiger partial charge in [0, 0.05) is 0 Å². The van der Waals surface area contributed by atoms with Gasteiger partial charge in [-0.1, -0.05) is 0 Å². The van der Waals surface area contributed by atoms with Crippen molar-refractivity contribution in [3.05, 3.63) is 0 Å². The first kappa shape index (κ1) is 7.16. The van der Waals surface area contributed by atoms with Crippen LogP contribution in [0.1, 0.15) is 0 Å². The van der Waals surface area contributed by atoms with Crippen LogP contribution < -0.4 is 0 Å². The van der Waals surface area contributed by atoms with Crippen molar-refractivity contribution in [3.8, 4) is 0 Å². The molecule has 0 amide bonds. The standard InChI is InChI=1S/C2H2Cl4/c3-1(4)2(5)6/h1-2H/i1+1,2+1. The SMILES string of the molecule is Cl[13CH](Cl)[13CH](Cl)Cl. The maximum atomic E-state index is 5.11. The molecule has 0 nitrogen and oxygen atoms in total. The molecule has 0 radical (unpaired) electrons. The van der Waals surface area contributed by atoms with Crippen molar-refractivity contribution in [3.63, 3.8) is 0 Å². The van der Waals surface area contributed by atoms with E-state index in [4.69, 9.17) is 46.4 Å². The fourth-order valence-corrected chi connectivity index (χ4v) is 0. The lowest BCUT2D eigenvalue weighted by molar-refractivity contribution is 1.29. The van der Waals surface area contributed by atoms with Gasteiger partial charge in [0.25, 0.3) is 0 Å². The minimum Gasteiger partial charge on any atom is -0.102 e. The molecule has 0 spiro atoms. The van der Waals surface area contributed by atoms with Gasteiger partial charge in [-0.05, 0) is 0 Å². The predicted molar refractivity (Wildman–Crippen MR) is 31.0 cm³/mol. The van der Waals surface area contributed by atoms with Crippen molar-refractivity contribution >= 4 is 46.4 Å². The van der Waals surface area contributed by atoms with Crippen molar-refractivity contribution in [2.24, 2.45) is 0 Å². The molecule has 0 fully saturated rings. The molecule has 0 aliphatic rings. The topological polar surface area (TPSA) is 0 Å². The van der Waals surface area contributed by atoms with Gasteiger partial charge in [0.05, 0.1) is 0 Å². The van der Waals surface area contributed by atoms with Crippen LogP contribution in [0.15, 0.2) is 0 Å². The number of hydrogen-bond donors (Lipinski definition) is 0. The zero-order valence-corrected chi connectivity index (χ0v) is 5.69. The molecule has 38 valence electrons. The Bertz CT molecular complexity index is 26.5. The van der Waals surface area contributed by atoms with Crippen LogP contribution in [0.5, 0.6) is 0 Å². The summed E-state index contributed by atoms with van der Waals surface area (Å²) in [6.07, 6.45) is 0. The van der Waals surface area contributed by atoms with E-state index in [1.807, 2.05) is 0 Å². The van der Waals surface area contributed by atoms with Crippen LogP contribution in [0.3, 0.4) is 0 Å². The van der Waals surface area contributed by atoms with Crippen LogP contribution in [0.25, 0.3) is 0 Å². The van der Waals surface area contributed by atoms with Gasteiger partial charge in [0.2, 0.25) is 0 Å². The van der Waals surface area contributed by atoms with Crippen LogP contribution in [0.2, 0.25) is 0 Å². The zero-order valence-electron chi connectivity index (χ0n) is 2.67. The van der Waals surface area contributed by atoms with Crippen LogP contribution in [-0.4, -0.2) is 9.67 Å². The fourth-order valence-electron chi connectivity index (χ4n) is 0. The second kappa shape index (κ2) is 3.20. The third kappa shape index (κ3) is 3.35. The minimum atomic E-state index is -0.673. The Labute approximate surface area is 56.3 Å². The van der Waals surface area contributed by atoms with Gasteiger partial charge in [-0.25, -0.2) is 0 Å². The summed E-state index contributed by atoms with van der Waals surface area (Å²) in [6, 6.07) is 0. The van der Waals surface area contributed by atoms with Crippen LogP contribution in [0.4, 0.5) is 0 Å². The Hall–Kier alpha value is 1.16. The van der Waals surface area contributed by atoms with E-state index in [0.29, 0.717) is 0 Å². The molecule has 0 N–H and O–H groups in total. The second-order valence-corrected chi connectivity index (χ2v) is 3.00. The van der Waals surface area contributed by atoms with Crippen molar-refractivity contribution in [1.82, 2.24) is 0 Å². The lowest BCUT2D eigenvalue weighted by Gasteiger charge is -1.95. The summed E-state index contributed by atoms with van der Waals surface area (Å²) in [6.45, 7) is 0. The summed E-state index contributed by atoms with van der Waals surface area (Å²) < 4.78 is 0. The van der Waals surface area contributed by atoms with Crippen LogP contribution >= 0.6 is 46.4 Å². The molecule has 0 bridgehead atoms. The second-order valence-electron chi connectivity index (χ2n) is 0.669. The average Bonchev–Trinajstić information content (AvgIpc) is 1.36. The van der Waals surface area contributed by atoms with E-state index in [1.165, 1.54) is 0 Å². The Morgan fingerprint density at radius 1 is 0.667 bits per heavy atom. The van der Waals surface area contributed by atoms with Crippen molar-refractivity contribution in [2.45, 2.75) is 9.67 Å². The molecule has 0 rings (SSSR count). The smallest absolute Gasteiger partial charge is 0.102 e. The number of alkyl halides is 4. The molecular formula is C2H2Cl4. The van der Waals surface area contributed by atoms with Gasteiger partial charge < -0.3 is 0 Å². The van der Waals surface area contributed by atoms with Gasteiger partial charge in [0.1, 0.15) is 9.67 Å². The predicted octanol–water partition coefficient (Wildman–Crippen LogP) is 2.59. The number of hydrogen-bond acceptors (Lipinski definition) is 0. The maximum absolute atomic E-state index is 5.11. The molecule has 0 heterocycles. The quantitative estimate of drug-likeness (QED) is 0.418. The van der Waals surface area contributed by atoms with Crippen LogP contribution in [0, 0.1) is 0 Å². The summed E-state index contributed by atoms with van der Waals surface area (Å²) in [5.74, 6) is 0. The summed E-state index contributed by atoms with van der Waals surface area (Å²) in [5, 5.41) is 0. The van der Waals surface area contributed by atoms with Crippen molar-refractivity contribution in [1.29, 1.82) is 0 Å². The van der Waals surface area contributed by atoms with Gasteiger partial charge in [-0.2, -0.15) is 0 Å². The first-order valence-corrected chi connectivity index (χ1v) is 2.95. The Balaban J connectivity index is 2.99. The highest BCUT2D eigenvalue weighted by Crippen LogP contribution is 2.16. The molecular weight excluding hydrogens is 168 g/mol. The van der Waals surface area contributed by atoms with E-state index >= 15 is 0 Å². The highest BCUT2D eigenvalue weighted by Gasteiger charge is 2.06. The third-order valence-electron chi connectivity index (χ3n) is 0.190. The Morgan fingerprint density at radius 3 is 0.833 bits per heavy atom. The van der Waals surface area contributed by atoms with E-state index in [1.54, 1.807) is 0 Å². The Morgan fingerprint density at radius 2 is 0.833 bits per heavy atom. The molecule has 0 aromatic carbocycles. The Kier molecular flexibility index (Phi) is 3.82. The highest BCUT2D eigenvalue weighted by molar-refractivity contribution is 6.56. The number of halogens is 4. The molecule has 0 aromatic rings. The number of rotatable bonds is 1. The normalized spacial score (nSPS) is 11.0. The summed E-state index contributed by atoms with van der Waals surface area (Å²) in [5.41, 5.74) is 0. The van der Waals surface area contributed by atoms with Gasteiger partial charge >= 0.3 is 0 Å². The fraction of sp³-hybridized carbons (Fsp3) is 1.00. The molecule has 0 atom stereocenters. The van der Waals surface area contributed by atoms with Crippen molar-refractivity contribution < 1.29 is 0 Å². The largest absolute Gasteiger partial charge is 0.137 e. The lowest BCUT2D eigenvalue weighted by Crippen LogP contribution is -1.96. The molecule has 0 saturated heterocycles. The summed E-state index contributed by atoms with van der Waals surface area (Å²) >= 11 is 20.5. The van der Waals surface area contributed by atoms with E-state index in [2.05, 4.69) is 0 Å². The zero-order chi connectivity index (χ0) is 5.15. The first-order valence-electron chi connectivity index (χ1n) is 1.21. The maximum Gasteiger partial charge on any atom is 0.137 e. The molecule has 4 heteroatoms. The monoisotopic (exact) mass is 168 g/mol. The molecule has 0 aliphatic heterocycles. The van der Waals surface area contributed by atoms with Gasteiger partial charge in [0.15, 0.2) is 0 Å². The molecule has 0 aromatic heterocycles. The third-order valence-corrected chi connectivity index (χ3v) is 1.71. The summed E-state index contributed by atoms with van der Waals surface area (Å²) in [7, 11) is 0. The average molecular weight is 170 g/mol. The molecule has 6 heavy (non-hydrogen) atoms. The van der Waals surface area contributed by atoms with E-state index in [-0.39, 0.29) is 0 Å². The molecule has 0 saturated carbocycles. The first-order chi connectivity index (χ1) is 2.64. The van der Waals surface area contributed by atoms with E-state index in [9.17, 15) is 0 Å². The molecule has 0 aliphatic carbocycles. The van der Waals surface area contributed by atoms with Crippen molar-refractivity contribution in [2.75, 3.05) is 0 Å². The summed E-state index contributed by atoms with van der Waals surface area (Å²) in [4.78, 5) is -1.35. The van der Waals surface area contributed by atoms with E-state index < -0.39 is 9.67 Å². The lowest BCUT2D eigenvalue weighted by atomic mass is 11.9. The van der Waals surface area contributed by atoms with Gasteiger partial charge in [-0.3, -0.25) is 0 Å². The van der Waals surface area contributed by atoms with Gasteiger partial charge in [-0.15, -0.1) is 46.4 Å². The molecule has 0 unspecified atom stereocenters. The van der Waals surface area contributed by atoms with Crippen LogP contribution in [-0.2, 0) is 0 Å². The minimum absolute atomic E-state index is 0.673.